The first-order chi connectivity index (χ1) is 12.5. The van der Waals surface area contributed by atoms with Crippen LogP contribution in [0.25, 0.3) is 0 Å². The highest BCUT2D eigenvalue weighted by Gasteiger charge is 2.59. The molecule has 0 aromatic rings. The van der Waals surface area contributed by atoms with Gasteiger partial charge in [-0.3, -0.25) is 9.35 Å². The molecule has 0 amide bonds. The van der Waals surface area contributed by atoms with Crippen molar-refractivity contribution >= 4 is 16.2 Å². The summed E-state index contributed by atoms with van der Waals surface area (Å²) in [4.78, 5) is 11.9. The predicted molar refractivity (Wildman–Crippen MR) is 102 cm³/mol. The summed E-state index contributed by atoms with van der Waals surface area (Å²) < 4.78 is 36.5. The van der Waals surface area contributed by atoms with Gasteiger partial charge in [0.05, 0.1) is 6.10 Å². The van der Waals surface area contributed by atoms with Gasteiger partial charge in [0.15, 0.2) is 5.78 Å². The molecule has 1 N–H and O–H groups in total. The van der Waals surface area contributed by atoms with Crippen LogP contribution in [0, 0.1) is 34.5 Å². The Morgan fingerprint density at radius 3 is 2.56 bits per heavy atom. The Balaban J connectivity index is 1.59. The first-order valence-electron chi connectivity index (χ1n) is 10.4. The topological polar surface area (TPSA) is 80.7 Å². The van der Waals surface area contributed by atoms with Crippen molar-refractivity contribution in [3.05, 3.63) is 11.6 Å². The van der Waals surface area contributed by atoms with Gasteiger partial charge in [-0.15, -0.1) is 0 Å². The molecule has 0 aromatic carbocycles. The molecule has 3 fully saturated rings. The van der Waals surface area contributed by atoms with Gasteiger partial charge in [-0.1, -0.05) is 19.4 Å². The molecule has 0 radical (unpaired) electrons. The van der Waals surface area contributed by atoms with Crippen molar-refractivity contribution in [2.24, 2.45) is 34.5 Å². The summed E-state index contributed by atoms with van der Waals surface area (Å²) in [5.74, 6) is 2.29. The highest BCUT2D eigenvalue weighted by atomic mass is 32.3. The third-order valence-electron chi connectivity index (χ3n) is 8.88. The first-order valence-corrected chi connectivity index (χ1v) is 11.8. The Labute approximate surface area is 162 Å². The minimum atomic E-state index is -4.42. The minimum Gasteiger partial charge on any atom is -0.295 e. The molecule has 0 bridgehead atoms. The highest BCUT2D eigenvalue weighted by molar-refractivity contribution is 7.80. The van der Waals surface area contributed by atoms with E-state index in [2.05, 4.69) is 13.8 Å². The van der Waals surface area contributed by atoms with Crippen LogP contribution in [0.4, 0.5) is 0 Å². The van der Waals surface area contributed by atoms with Crippen LogP contribution in [-0.2, 0) is 19.4 Å². The second-order valence-corrected chi connectivity index (χ2v) is 11.0. The standard InChI is InChI=1S/C21H32O5S/c1-13(26-27(23,24)25)17-6-7-18-16-5-4-14-12-15(22)8-10-20(14,2)19(16)9-11-21(17,18)3/h12-13,16-19H,4-11H2,1-3H3,(H,23,24,25)/t13?,16-,17+,18-,19-,20-,21+/m0/s1. The lowest BCUT2D eigenvalue weighted by Gasteiger charge is -2.58. The van der Waals surface area contributed by atoms with Crippen LogP contribution in [0.1, 0.15) is 72.1 Å². The zero-order valence-corrected chi connectivity index (χ0v) is 17.4. The van der Waals surface area contributed by atoms with Gasteiger partial charge in [0, 0.05) is 6.42 Å². The summed E-state index contributed by atoms with van der Waals surface area (Å²) in [6.07, 6.45) is 9.53. The maximum Gasteiger partial charge on any atom is 0.397 e. The van der Waals surface area contributed by atoms with E-state index in [1.54, 1.807) is 6.92 Å². The lowest BCUT2D eigenvalue weighted by molar-refractivity contribution is -0.117. The second kappa shape index (κ2) is 6.39. The maximum atomic E-state index is 11.9. The lowest BCUT2D eigenvalue weighted by Crippen LogP contribution is -2.51. The summed E-state index contributed by atoms with van der Waals surface area (Å²) in [7, 11) is -4.42. The van der Waals surface area contributed by atoms with E-state index in [4.69, 9.17) is 8.74 Å². The van der Waals surface area contributed by atoms with Gasteiger partial charge >= 0.3 is 10.4 Å². The number of hydrogen-bond acceptors (Lipinski definition) is 4. The summed E-state index contributed by atoms with van der Waals surface area (Å²) in [6.45, 7) is 6.47. The number of carbonyl (C=O) groups is 1. The Morgan fingerprint density at radius 2 is 1.85 bits per heavy atom. The SMILES string of the molecule is CC(OS(=O)(=O)O)[C@H]1CC[C@H]2[C@@H]3CCC4=CC(=O)CC[C@]4(C)[C@H]3CC[C@]12C. The minimum absolute atomic E-state index is 0.0628. The summed E-state index contributed by atoms with van der Waals surface area (Å²) in [5.41, 5.74) is 1.60. The maximum absolute atomic E-state index is 11.9. The number of ketones is 1. The molecule has 0 saturated heterocycles. The molecule has 3 saturated carbocycles. The molecule has 5 nitrogen and oxygen atoms in total. The molecule has 6 heteroatoms. The summed E-state index contributed by atoms with van der Waals surface area (Å²) in [6, 6.07) is 0. The average Bonchev–Trinajstić information content (AvgIpc) is 2.91. The zero-order chi connectivity index (χ0) is 19.6. The van der Waals surface area contributed by atoms with E-state index in [1.165, 1.54) is 5.57 Å². The molecule has 0 aliphatic heterocycles. The van der Waals surface area contributed by atoms with E-state index in [9.17, 15) is 13.2 Å². The molecule has 1 unspecified atom stereocenters. The molecule has 4 aliphatic carbocycles. The van der Waals surface area contributed by atoms with Crippen LogP contribution in [0.2, 0.25) is 0 Å². The third-order valence-corrected chi connectivity index (χ3v) is 9.42. The van der Waals surface area contributed by atoms with Crippen molar-refractivity contribution in [1.29, 1.82) is 0 Å². The molecule has 27 heavy (non-hydrogen) atoms. The first kappa shape index (κ1) is 19.6. The fourth-order valence-corrected chi connectivity index (χ4v) is 8.15. The molecular formula is C21H32O5S. The van der Waals surface area contributed by atoms with Crippen molar-refractivity contribution in [3.63, 3.8) is 0 Å². The van der Waals surface area contributed by atoms with E-state index < -0.39 is 16.5 Å². The van der Waals surface area contributed by atoms with Crippen LogP contribution >= 0.6 is 0 Å². The Hall–Kier alpha value is -0.720. The van der Waals surface area contributed by atoms with Crippen molar-refractivity contribution in [2.45, 2.75) is 78.2 Å². The molecule has 7 atom stereocenters. The third kappa shape index (κ3) is 3.12. The molecule has 4 rings (SSSR count). The molecule has 152 valence electrons. The van der Waals surface area contributed by atoms with Crippen LogP contribution in [0.5, 0.6) is 0 Å². The normalized spacial score (nSPS) is 45.5. The van der Waals surface area contributed by atoms with Gasteiger partial charge in [-0.25, -0.2) is 4.18 Å². The van der Waals surface area contributed by atoms with Crippen molar-refractivity contribution in [3.8, 4) is 0 Å². The van der Waals surface area contributed by atoms with Gasteiger partial charge < -0.3 is 0 Å². The van der Waals surface area contributed by atoms with Gasteiger partial charge in [0.2, 0.25) is 0 Å². The van der Waals surface area contributed by atoms with Crippen molar-refractivity contribution in [1.82, 2.24) is 0 Å². The van der Waals surface area contributed by atoms with Gasteiger partial charge in [-0.05, 0) is 92.4 Å². The number of hydrogen-bond donors (Lipinski definition) is 1. The quantitative estimate of drug-likeness (QED) is 0.718. The number of allylic oxidation sites excluding steroid dienone is 1. The highest BCUT2D eigenvalue weighted by Crippen LogP contribution is 2.67. The molecule has 0 heterocycles. The van der Waals surface area contributed by atoms with Crippen LogP contribution in [0.15, 0.2) is 11.6 Å². The Bertz CT molecular complexity index is 771. The van der Waals surface area contributed by atoms with Crippen molar-refractivity contribution < 1.29 is 21.9 Å². The second-order valence-electron chi connectivity index (χ2n) is 9.93. The van der Waals surface area contributed by atoms with E-state index in [0.717, 1.165) is 44.9 Å². The predicted octanol–water partition coefficient (Wildman–Crippen LogP) is 4.34. The largest absolute Gasteiger partial charge is 0.397 e. The number of rotatable bonds is 3. The van der Waals surface area contributed by atoms with Crippen LogP contribution in [-0.4, -0.2) is 24.9 Å². The monoisotopic (exact) mass is 396 g/mol. The fourth-order valence-electron chi connectivity index (χ4n) is 7.63. The zero-order valence-electron chi connectivity index (χ0n) is 16.6. The number of carbonyl (C=O) groups excluding carboxylic acids is 1. The smallest absolute Gasteiger partial charge is 0.295 e. The van der Waals surface area contributed by atoms with E-state index in [1.807, 2.05) is 6.08 Å². The van der Waals surface area contributed by atoms with E-state index >= 15 is 0 Å². The fraction of sp³-hybridized carbons (Fsp3) is 0.857. The average molecular weight is 397 g/mol. The molecule has 0 spiro atoms. The van der Waals surface area contributed by atoms with Crippen LogP contribution in [0.3, 0.4) is 0 Å². The Morgan fingerprint density at radius 1 is 1.11 bits per heavy atom. The number of fused-ring (bicyclic) bond motifs is 5. The van der Waals surface area contributed by atoms with E-state index in [-0.39, 0.29) is 16.7 Å². The molecule has 4 aliphatic rings. The van der Waals surface area contributed by atoms with E-state index in [0.29, 0.717) is 30.0 Å². The molecule has 0 aromatic heterocycles. The molecular weight excluding hydrogens is 364 g/mol. The summed E-state index contributed by atoms with van der Waals surface area (Å²) >= 11 is 0. The van der Waals surface area contributed by atoms with Gasteiger partial charge in [0.25, 0.3) is 0 Å². The van der Waals surface area contributed by atoms with Crippen LogP contribution < -0.4 is 0 Å². The lowest BCUT2D eigenvalue weighted by atomic mass is 9.46. The summed E-state index contributed by atoms with van der Waals surface area (Å²) in [5, 5.41) is 0. The van der Waals surface area contributed by atoms with Crippen molar-refractivity contribution in [2.75, 3.05) is 0 Å². The van der Waals surface area contributed by atoms with Gasteiger partial charge in [-0.2, -0.15) is 8.42 Å². The Kier molecular flexibility index (Phi) is 4.64. The van der Waals surface area contributed by atoms with Gasteiger partial charge in [0.1, 0.15) is 0 Å².